The minimum absolute atomic E-state index is 0.590. The van der Waals surface area contributed by atoms with Crippen LogP contribution in [0, 0.1) is 5.92 Å². The maximum Gasteiger partial charge on any atom is 0.000154 e. The summed E-state index contributed by atoms with van der Waals surface area (Å²) >= 11 is 0. The molecule has 0 spiro atoms. The maximum absolute atomic E-state index is 2.30. The van der Waals surface area contributed by atoms with Gasteiger partial charge in [-0.2, -0.15) is 0 Å². The van der Waals surface area contributed by atoms with Gasteiger partial charge in [0.05, 0.1) is 0 Å². The zero-order chi connectivity index (χ0) is 9.59. The van der Waals surface area contributed by atoms with Crippen LogP contribution in [0.5, 0.6) is 0 Å². The second kappa shape index (κ2) is 2.73. The summed E-state index contributed by atoms with van der Waals surface area (Å²) in [6.07, 6.45) is 6.85. The van der Waals surface area contributed by atoms with Gasteiger partial charge in [-0.05, 0) is 48.6 Å². The van der Waals surface area contributed by atoms with Crippen LogP contribution in [0.15, 0.2) is 46.1 Å². The van der Waals surface area contributed by atoms with E-state index in [1.54, 1.807) is 0 Å². The molecule has 0 nitrogen and oxygen atoms in total. The molecule has 0 heterocycles. The Balaban J connectivity index is 2.63. The van der Waals surface area contributed by atoms with Crippen LogP contribution in [-0.4, -0.2) is 0 Å². The summed E-state index contributed by atoms with van der Waals surface area (Å²) in [5.74, 6) is 0.590. The molecular formula is C13H16. The van der Waals surface area contributed by atoms with Crippen LogP contribution in [0.25, 0.3) is 0 Å². The first-order valence-electron chi connectivity index (χ1n) is 4.90. The topological polar surface area (TPSA) is 0 Å². The highest BCUT2D eigenvalue weighted by Crippen LogP contribution is 2.40. The molecule has 0 amide bonds. The van der Waals surface area contributed by atoms with Gasteiger partial charge in [-0.25, -0.2) is 0 Å². The third kappa shape index (κ3) is 1.13. The second-order valence-corrected chi connectivity index (χ2v) is 4.13. The lowest BCUT2D eigenvalue weighted by Gasteiger charge is -2.20. The highest BCUT2D eigenvalue weighted by molar-refractivity contribution is 5.64. The molecule has 13 heavy (non-hydrogen) atoms. The van der Waals surface area contributed by atoms with E-state index in [0.29, 0.717) is 5.92 Å². The van der Waals surface area contributed by atoms with Crippen LogP contribution in [0.4, 0.5) is 0 Å². The van der Waals surface area contributed by atoms with E-state index in [-0.39, 0.29) is 0 Å². The molecule has 0 radical (unpaired) electrons. The third-order valence-electron chi connectivity index (χ3n) is 3.01. The van der Waals surface area contributed by atoms with Gasteiger partial charge in [-0.3, -0.25) is 0 Å². The lowest BCUT2D eigenvalue weighted by Crippen LogP contribution is -2.05. The summed E-state index contributed by atoms with van der Waals surface area (Å²) in [7, 11) is 0. The molecule has 0 bridgehead atoms. The van der Waals surface area contributed by atoms with Gasteiger partial charge in [0.1, 0.15) is 0 Å². The molecule has 68 valence electrons. The molecule has 0 N–H and O–H groups in total. The van der Waals surface area contributed by atoms with Crippen molar-refractivity contribution in [1.29, 1.82) is 0 Å². The molecule has 2 aliphatic rings. The van der Waals surface area contributed by atoms with E-state index < -0.39 is 0 Å². The highest BCUT2D eigenvalue weighted by atomic mass is 14.3. The average molecular weight is 172 g/mol. The van der Waals surface area contributed by atoms with Crippen LogP contribution in [0.3, 0.4) is 0 Å². The Morgan fingerprint density at radius 3 is 2.38 bits per heavy atom. The van der Waals surface area contributed by atoms with Crippen LogP contribution >= 0.6 is 0 Å². The zero-order valence-electron chi connectivity index (χ0n) is 8.81. The van der Waals surface area contributed by atoms with E-state index in [4.69, 9.17) is 0 Å². The Labute approximate surface area is 80.3 Å². The fourth-order valence-electron chi connectivity index (χ4n) is 2.46. The first-order valence-corrected chi connectivity index (χ1v) is 4.90. The van der Waals surface area contributed by atoms with E-state index in [1.165, 1.54) is 27.9 Å². The highest BCUT2D eigenvalue weighted by Gasteiger charge is 2.23. The van der Waals surface area contributed by atoms with Crippen LogP contribution in [-0.2, 0) is 0 Å². The summed E-state index contributed by atoms with van der Waals surface area (Å²) in [6.45, 7) is 8.90. The van der Waals surface area contributed by atoms with E-state index in [2.05, 4.69) is 45.9 Å². The summed E-state index contributed by atoms with van der Waals surface area (Å²) in [5.41, 5.74) is 7.33. The first-order chi connectivity index (χ1) is 6.11. The normalized spacial score (nSPS) is 26.8. The SMILES string of the molecule is CC1=CC(C)=C2C1=C(C)C=CC2C. The Morgan fingerprint density at radius 1 is 1.08 bits per heavy atom. The number of allylic oxidation sites excluding steroid dienone is 8. The molecule has 2 rings (SSSR count). The monoisotopic (exact) mass is 172 g/mol. The molecule has 0 heteroatoms. The number of rotatable bonds is 0. The fourth-order valence-corrected chi connectivity index (χ4v) is 2.46. The molecule has 1 unspecified atom stereocenters. The summed E-state index contributed by atoms with van der Waals surface area (Å²) in [5, 5.41) is 0. The van der Waals surface area contributed by atoms with Crippen LogP contribution in [0.2, 0.25) is 0 Å². The van der Waals surface area contributed by atoms with Gasteiger partial charge < -0.3 is 0 Å². The van der Waals surface area contributed by atoms with Crippen molar-refractivity contribution in [3.05, 3.63) is 46.1 Å². The molecule has 0 aromatic heterocycles. The van der Waals surface area contributed by atoms with Crippen LogP contribution < -0.4 is 0 Å². The van der Waals surface area contributed by atoms with Crippen molar-refractivity contribution >= 4 is 0 Å². The van der Waals surface area contributed by atoms with E-state index in [1.807, 2.05) is 0 Å². The van der Waals surface area contributed by atoms with E-state index in [9.17, 15) is 0 Å². The maximum atomic E-state index is 2.30. The Hall–Kier alpha value is -1.04. The molecular weight excluding hydrogens is 156 g/mol. The minimum atomic E-state index is 0.590. The molecule has 0 fully saturated rings. The zero-order valence-corrected chi connectivity index (χ0v) is 8.81. The standard InChI is InChI=1S/C13H16/c1-8-5-6-9(2)13-11(4)7-10(3)12(8)13/h5-8H,1-4H3. The van der Waals surface area contributed by atoms with Gasteiger partial charge in [-0.15, -0.1) is 0 Å². The fraction of sp³-hybridized carbons (Fsp3) is 0.385. The minimum Gasteiger partial charge on any atom is -0.0770 e. The van der Waals surface area contributed by atoms with Crippen molar-refractivity contribution in [2.24, 2.45) is 5.92 Å². The largest absolute Gasteiger partial charge is 0.0770 e. The van der Waals surface area contributed by atoms with Gasteiger partial charge in [0, 0.05) is 5.92 Å². The van der Waals surface area contributed by atoms with Crippen molar-refractivity contribution in [2.75, 3.05) is 0 Å². The van der Waals surface area contributed by atoms with Gasteiger partial charge >= 0.3 is 0 Å². The summed E-state index contributed by atoms with van der Waals surface area (Å²) < 4.78 is 0. The van der Waals surface area contributed by atoms with Crippen molar-refractivity contribution in [3.8, 4) is 0 Å². The van der Waals surface area contributed by atoms with Crippen molar-refractivity contribution in [2.45, 2.75) is 27.7 Å². The third-order valence-corrected chi connectivity index (χ3v) is 3.01. The van der Waals surface area contributed by atoms with Gasteiger partial charge in [0.25, 0.3) is 0 Å². The summed E-state index contributed by atoms with van der Waals surface area (Å²) in [6, 6.07) is 0. The first kappa shape index (κ1) is 8.55. The Kier molecular flexibility index (Phi) is 1.80. The smallest absolute Gasteiger partial charge is 0.000154 e. The predicted octanol–water partition coefficient (Wildman–Crippen LogP) is 3.79. The molecule has 2 aliphatic carbocycles. The molecule has 0 saturated carbocycles. The van der Waals surface area contributed by atoms with Gasteiger partial charge in [0.15, 0.2) is 0 Å². The van der Waals surface area contributed by atoms with Gasteiger partial charge in [-0.1, -0.05) is 25.2 Å². The Morgan fingerprint density at radius 2 is 1.77 bits per heavy atom. The molecule has 0 aromatic rings. The van der Waals surface area contributed by atoms with Crippen LogP contribution in [0.1, 0.15) is 27.7 Å². The molecule has 0 aromatic carbocycles. The number of fused-ring (bicyclic) bond motifs is 1. The second-order valence-electron chi connectivity index (χ2n) is 4.13. The van der Waals surface area contributed by atoms with Crippen molar-refractivity contribution in [3.63, 3.8) is 0 Å². The molecule has 0 aliphatic heterocycles. The summed E-state index contributed by atoms with van der Waals surface area (Å²) in [4.78, 5) is 0. The van der Waals surface area contributed by atoms with E-state index >= 15 is 0 Å². The van der Waals surface area contributed by atoms with E-state index in [0.717, 1.165) is 0 Å². The lowest BCUT2D eigenvalue weighted by molar-refractivity contribution is 0.854. The van der Waals surface area contributed by atoms with Crippen molar-refractivity contribution in [1.82, 2.24) is 0 Å². The van der Waals surface area contributed by atoms with Gasteiger partial charge in [0.2, 0.25) is 0 Å². The van der Waals surface area contributed by atoms with Crippen molar-refractivity contribution < 1.29 is 0 Å². The molecule has 0 saturated heterocycles. The lowest BCUT2D eigenvalue weighted by atomic mass is 9.84. The number of hydrogen-bond donors (Lipinski definition) is 0. The number of hydrogen-bond acceptors (Lipinski definition) is 0. The average Bonchev–Trinajstić information content (AvgIpc) is 2.36. The predicted molar refractivity (Wildman–Crippen MR) is 57.5 cm³/mol. The quantitative estimate of drug-likeness (QED) is 0.521. The molecule has 1 atom stereocenters. The Bertz CT molecular complexity index is 373.